The third-order valence-electron chi connectivity index (χ3n) is 3.57. The van der Waals surface area contributed by atoms with Gasteiger partial charge in [0.05, 0.1) is 12.1 Å². The molecule has 2 fully saturated rings. The van der Waals surface area contributed by atoms with Crippen LogP contribution in [0.2, 0.25) is 0 Å². The van der Waals surface area contributed by atoms with E-state index in [-0.39, 0.29) is 5.54 Å². The molecule has 2 unspecified atom stereocenters. The number of nitrogens with one attached hydrogen (secondary N) is 1. The fourth-order valence-electron chi connectivity index (χ4n) is 2.53. The number of aromatic nitrogens is 3. The number of nitrogens with zero attached hydrogens (tertiary/aromatic N) is 4. The van der Waals surface area contributed by atoms with Crippen LogP contribution in [-0.2, 0) is 0 Å². The molecule has 1 aromatic rings. The number of hydrogen-bond donors (Lipinski definition) is 1. The summed E-state index contributed by atoms with van der Waals surface area (Å²) in [5, 5.41) is 17.0. The molecule has 0 aliphatic heterocycles. The Balaban J connectivity index is 1.72. The lowest BCUT2D eigenvalue weighted by atomic mass is 9.99. The monoisotopic (exact) mass is 217 g/mol. The van der Waals surface area contributed by atoms with E-state index >= 15 is 0 Å². The third kappa shape index (κ3) is 1.69. The van der Waals surface area contributed by atoms with Crippen molar-refractivity contribution in [3.63, 3.8) is 0 Å². The predicted molar refractivity (Wildman–Crippen MR) is 57.4 cm³/mol. The quantitative estimate of drug-likeness (QED) is 0.820. The van der Waals surface area contributed by atoms with Gasteiger partial charge in [-0.05, 0) is 25.7 Å². The molecule has 0 spiro atoms. The minimum atomic E-state index is -0.322. The highest BCUT2D eigenvalue weighted by Crippen LogP contribution is 2.39. The molecule has 1 heterocycles. The first-order valence-electron chi connectivity index (χ1n) is 5.84. The summed E-state index contributed by atoms with van der Waals surface area (Å²) < 4.78 is 1.88. The molecule has 0 amide bonds. The van der Waals surface area contributed by atoms with Gasteiger partial charge in [-0.2, -0.15) is 10.4 Å². The van der Waals surface area contributed by atoms with Crippen molar-refractivity contribution in [2.24, 2.45) is 0 Å². The van der Waals surface area contributed by atoms with E-state index in [9.17, 15) is 5.26 Å². The standard InChI is InChI=1S/C11H15N5/c12-6-11(15-9-1-2-9)4-3-10(5-11)16-8-13-7-14-16/h7-10,15H,1-5H2. The summed E-state index contributed by atoms with van der Waals surface area (Å²) in [6.45, 7) is 0. The summed E-state index contributed by atoms with van der Waals surface area (Å²) in [5.41, 5.74) is -0.322. The molecule has 1 aromatic heterocycles. The van der Waals surface area contributed by atoms with Crippen molar-refractivity contribution in [3.05, 3.63) is 12.7 Å². The molecule has 0 bridgehead atoms. The maximum Gasteiger partial charge on any atom is 0.137 e. The van der Waals surface area contributed by atoms with Crippen LogP contribution in [0.1, 0.15) is 38.1 Å². The molecule has 16 heavy (non-hydrogen) atoms. The Labute approximate surface area is 94.5 Å². The van der Waals surface area contributed by atoms with Gasteiger partial charge in [0.15, 0.2) is 0 Å². The molecule has 1 N–H and O–H groups in total. The highest BCUT2D eigenvalue weighted by atomic mass is 15.3. The van der Waals surface area contributed by atoms with Gasteiger partial charge in [0.2, 0.25) is 0 Å². The highest BCUT2D eigenvalue weighted by Gasteiger charge is 2.43. The fourth-order valence-corrected chi connectivity index (χ4v) is 2.53. The van der Waals surface area contributed by atoms with Crippen molar-refractivity contribution in [3.8, 4) is 6.07 Å². The Kier molecular flexibility index (Phi) is 2.18. The molecule has 0 saturated heterocycles. The second-order valence-electron chi connectivity index (χ2n) is 4.88. The van der Waals surface area contributed by atoms with E-state index in [1.165, 1.54) is 12.8 Å². The van der Waals surface area contributed by atoms with Crippen molar-refractivity contribution < 1.29 is 0 Å². The second-order valence-corrected chi connectivity index (χ2v) is 4.88. The average Bonchev–Trinajstić information content (AvgIpc) is 2.84. The zero-order valence-electron chi connectivity index (χ0n) is 9.13. The number of rotatable bonds is 3. The zero-order chi connectivity index (χ0) is 11.0. The maximum atomic E-state index is 9.35. The van der Waals surface area contributed by atoms with Crippen LogP contribution in [-0.4, -0.2) is 26.3 Å². The predicted octanol–water partition coefficient (Wildman–Crippen LogP) is 1.02. The van der Waals surface area contributed by atoms with Crippen LogP contribution in [0.5, 0.6) is 0 Å². The van der Waals surface area contributed by atoms with Gasteiger partial charge in [0, 0.05) is 12.5 Å². The van der Waals surface area contributed by atoms with Crippen LogP contribution >= 0.6 is 0 Å². The normalized spacial score (nSPS) is 33.8. The molecular formula is C11H15N5. The van der Waals surface area contributed by atoms with Crippen molar-refractivity contribution >= 4 is 0 Å². The number of nitriles is 1. The lowest BCUT2D eigenvalue weighted by Crippen LogP contribution is -2.43. The molecule has 2 atom stereocenters. The molecule has 84 valence electrons. The van der Waals surface area contributed by atoms with Gasteiger partial charge < -0.3 is 0 Å². The molecular weight excluding hydrogens is 202 g/mol. The first kappa shape index (κ1) is 9.79. The summed E-state index contributed by atoms with van der Waals surface area (Å²) >= 11 is 0. The van der Waals surface area contributed by atoms with Crippen LogP contribution in [0.15, 0.2) is 12.7 Å². The van der Waals surface area contributed by atoms with E-state index in [0.717, 1.165) is 19.3 Å². The first-order chi connectivity index (χ1) is 7.81. The minimum Gasteiger partial charge on any atom is -0.297 e. The molecule has 0 radical (unpaired) electrons. The molecule has 5 nitrogen and oxygen atoms in total. The Hall–Kier alpha value is -1.41. The van der Waals surface area contributed by atoms with Crippen molar-refractivity contribution in [2.45, 2.75) is 49.7 Å². The van der Waals surface area contributed by atoms with E-state index in [1.807, 2.05) is 4.68 Å². The molecule has 3 rings (SSSR count). The fraction of sp³-hybridized carbons (Fsp3) is 0.727. The van der Waals surface area contributed by atoms with E-state index in [1.54, 1.807) is 12.7 Å². The molecule has 5 heteroatoms. The van der Waals surface area contributed by atoms with Crippen molar-refractivity contribution in [1.82, 2.24) is 20.1 Å². The van der Waals surface area contributed by atoms with Gasteiger partial charge in [-0.1, -0.05) is 0 Å². The van der Waals surface area contributed by atoms with Crippen LogP contribution < -0.4 is 5.32 Å². The van der Waals surface area contributed by atoms with E-state index in [2.05, 4.69) is 21.5 Å². The topological polar surface area (TPSA) is 66.5 Å². The Bertz CT molecular complexity index is 403. The van der Waals surface area contributed by atoms with Crippen LogP contribution in [0.4, 0.5) is 0 Å². The van der Waals surface area contributed by atoms with Gasteiger partial charge in [-0.15, -0.1) is 0 Å². The van der Waals surface area contributed by atoms with Gasteiger partial charge in [-0.25, -0.2) is 9.67 Å². The summed E-state index contributed by atoms with van der Waals surface area (Å²) in [7, 11) is 0. The van der Waals surface area contributed by atoms with Crippen LogP contribution in [0.25, 0.3) is 0 Å². The summed E-state index contributed by atoms with van der Waals surface area (Å²) in [5.74, 6) is 0. The smallest absolute Gasteiger partial charge is 0.137 e. The summed E-state index contributed by atoms with van der Waals surface area (Å²) in [6, 6.07) is 3.37. The average molecular weight is 217 g/mol. The highest BCUT2D eigenvalue weighted by molar-refractivity contribution is 5.14. The van der Waals surface area contributed by atoms with E-state index in [4.69, 9.17) is 0 Å². The third-order valence-corrected chi connectivity index (χ3v) is 3.57. The Morgan fingerprint density at radius 2 is 2.31 bits per heavy atom. The Morgan fingerprint density at radius 1 is 1.44 bits per heavy atom. The minimum absolute atomic E-state index is 0.322. The Morgan fingerprint density at radius 3 is 2.94 bits per heavy atom. The largest absolute Gasteiger partial charge is 0.297 e. The van der Waals surface area contributed by atoms with Crippen molar-refractivity contribution in [1.29, 1.82) is 5.26 Å². The molecule has 2 aliphatic rings. The SMILES string of the molecule is N#CC1(NC2CC2)CCC(n2cncn2)C1. The molecule has 2 saturated carbocycles. The van der Waals surface area contributed by atoms with E-state index < -0.39 is 0 Å². The molecule has 0 aromatic carbocycles. The number of hydrogen-bond acceptors (Lipinski definition) is 4. The lowest BCUT2D eigenvalue weighted by molar-refractivity contribution is 0.385. The van der Waals surface area contributed by atoms with Gasteiger partial charge in [-0.3, -0.25) is 5.32 Å². The lowest BCUT2D eigenvalue weighted by Gasteiger charge is -2.22. The van der Waals surface area contributed by atoms with E-state index in [0.29, 0.717) is 12.1 Å². The molecule has 2 aliphatic carbocycles. The van der Waals surface area contributed by atoms with Crippen molar-refractivity contribution in [2.75, 3.05) is 0 Å². The summed E-state index contributed by atoms with van der Waals surface area (Å²) in [4.78, 5) is 3.96. The first-order valence-corrected chi connectivity index (χ1v) is 5.84. The second kappa shape index (κ2) is 3.56. The maximum absolute atomic E-state index is 9.35. The van der Waals surface area contributed by atoms with Crippen LogP contribution in [0, 0.1) is 11.3 Å². The van der Waals surface area contributed by atoms with Gasteiger partial charge >= 0.3 is 0 Å². The summed E-state index contributed by atoms with van der Waals surface area (Å²) in [6.07, 6.45) is 8.52. The van der Waals surface area contributed by atoms with Gasteiger partial charge in [0.1, 0.15) is 18.2 Å². The van der Waals surface area contributed by atoms with Gasteiger partial charge in [0.25, 0.3) is 0 Å². The zero-order valence-corrected chi connectivity index (χ0v) is 9.13. The van der Waals surface area contributed by atoms with Crippen LogP contribution in [0.3, 0.4) is 0 Å².